The van der Waals surface area contributed by atoms with Crippen LogP contribution in [0.3, 0.4) is 0 Å². The van der Waals surface area contributed by atoms with E-state index in [9.17, 15) is 9.90 Å². The fourth-order valence-electron chi connectivity index (χ4n) is 2.06. The first kappa shape index (κ1) is 20.6. The van der Waals surface area contributed by atoms with E-state index < -0.39 is 5.97 Å². The number of unbranched alkanes of at least 4 members (excludes halogenated alkanes) is 5. The summed E-state index contributed by atoms with van der Waals surface area (Å²) in [6.07, 6.45) is 8.48. The van der Waals surface area contributed by atoms with E-state index in [0.717, 1.165) is 10.0 Å². The molecule has 0 bridgehead atoms. The van der Waals surface area contributed by atoms with Gasteiger partial charge in [0, 0.05) is 0 Å². The molecule has 0 N–H and O–H groups in total. The summed E-state index contributed by atoms with van der Waals surface area (Å²) in [5.41, 5.74) is 1.27. The highest BCUT2D eigenvalue weighted by Gasteiger charge is 2.04. The van der Waals surface area contributed by atoms with Gasteiger partial charge in [0.2, 0.25) is 0 Å². The van der Waals surface area contributed by atoms with Crippen LogP contribution in [0.25, 0.3) is 0 Å². The SMILES string of the molecule is CCCCCCCC[N+](C)(C)C.Cc1ccc(C(=O)[O-])cc1. The molecule has 126 valence electrons. The normalized spacial score (nSPS) is 10.8. The van der Waals surface area contributed by atoms with Gasteiger partial charge < -0.3 is 14.4 Å². The third-order valence-electron chi connectivity index (χ3n) is 3.47. The molecule has 0 radical (unpaired) electrons. The van der Waals surface area contributed by atoms with Crippen molar-refractivity contribution in [1.82, 2.24) is 0 Å². The monoisotopic (exact) mass is 307 g/mol. The molecule has 0 aliphatic heterocycles. The van der Waals surface area contributed by atoms with Gasteiger partial charge in [0.05, 0.1) is 33.7 Å². The number of nitrogens with zero attached hydrogens (tertiary/aromatic N) is 1. The number of benzene rings is 1. The molecule has 0 fully saturated rings. The Kier molecular flexibility index (Phi) is 10.6. The van der Waals surface area contributed by atoms with Gasteiger partial charge in [-0.05, 0) is 25.3 Å². The molecule has 0 spiro atoms. The molecule has 0 unspecified atom stereocenters. The Morgan fingerprint density at radius 2 is 1.45 bits per heavy atom. The van der Waals surface area contributed by atoms with Crippen molar-refractivity contribution in [3.8, 4) is 0 Å². The summed E-state index contributed by atoms with van der Waals surface area (Å²) in [5, 5.41) is 10.2. The topological polar surface area (TPSA) is 40.1 Å². The van der Waals surface area contributed by atoms with E-state index in [1.54, 1.807) is 12.1 Å². The smallest absolute Gasteiger partial charge is 0.0780 e. The van der Waals surface area contributed by atoms with Crippen molar-refractivity contribution in [3.63, 3.8) is 0 Å². The molecule has 0 aliphatic rings. The van der Waals surface area contributed by atoms with Crippen LogP contribution < -0.4 is 5.11 Å². The Morgan fingerprint density at radius 1 is 0.955 bits per heavy atom. The molecule has 3 nitrogen and oxygen atoms in total. The lowest BCUT2D eigenvalue weighted by Crippen LogP contribution is -2.35. The minimum Gasteiger partial charge on any atom is -0.545 e. The summed E-state index contributed by atoms with van der Waals surface area (Å²) in [7, 11) is 6.81. The Balaban J connectivity index is 0.000000406. The third kappa shape index (κ3) is 12.4. The van der Waals surface area contributed by atoms with Gasteiger partial charge >= 0.3 is 0 Å². The zero-order valence-electron chi connectivity index (χ0n) is 15.0. The largest absolute Gasteiger partial charge is 0.545 e. The number of carboxylic acid groups (broad SMARTS) is 1. The van der Waals surface area contributed by atoms with Crippen LogP contribution in [-0.2, 0) is 0 Å². The summed E-state index contributed by atoms with van der Waals surface area (Å²) < 4.78 is 1.12. The quantitative estimate of drug-likeness (QED) is 0.545. The summed E-state index contributed by atoms with van der Waals surface area (Å²) >= 11 is 0. The second kappa shape index (κ2) is 11.2. The van der Waals surface area contributed by atoms with Gasteiger partial charge in [-0.25, -0.2) is 0 Å². The molecule has 1 aromatic carbocycles. The standard InChI is InChI=1S/C11H26N.C8H8O2/c1-5-6-7-8-9-10-11-12(2,3)4;1-6-2-4-7(5-3-6)8(9)10/h5-11H2,1-4H3;2-5H,1H3,(H,9,10)/q+1;/p-1. The fourth-order valence-corrected chi connectivity index (χ4v) is 2.06. The van der Waals surface area contributed by atoms with Crippen LogP contribution in [0.5, 0.6) is 0 Å². The fraction of sp³-hybridized carbons (Fsp3) is 0.632. The van der Waals surface area contributed by atoms with Crippen molar-refractivity contribution >= 4 is 5.97 Å². The van der Waals surface area contributed by atoms with E-state index in [1.807, 2.05) is 6.92 Å². The number of aryl methyl sites for hydroxylation is 1. The number of carboxylic acids is 1. The van der Waals surface area contributed by atoms with Crippen molar-refractivity contribution < 1.29 is 14.4 Å². The van der Waals surface area contributed by atoms with Crippen LogP contribution in [0.15, 0.2) is 24.3 Å². The zero-order valence-corrected chi connectivity index (χ0v) is 15.0. The third-order valence-corrected chi connectivity index (χ3v) is 3.47. The maximum Gasteiger partial charge on any atom is 0.0780 e. The van der Waals surface area contributed by atoms with Gasteiger partial charge in [-0.15, -0.1) is 0 Å². The first-order chi connectivity index (χ1) is 10.3. The van der Waals surface area contributed by atoms with Crippen LogP contribution in [0.4, 0.5) is 0 Å². The van der Waals surface area contributed by atoms with Gasteiger partial charge in [0.1, 0.15) is 0 Å². The van der Waals surface area contributed by atoms with E-state index in [4.69, 9.17) is 0 Å². The van der Waals surface area contributed by atoms with Gasteiger partial charge in [0.25, 0.3) is 0 Å². The Hall–Kier alpha value is -1.35. The van der Waals surface area contributed by atoms with Gasteiger partial charge in [0.15, 0.2) is 0 Å². The lowest BCUT2D eigenvalue weighted by molar-refractivity contribution is -0.870. The van der Waals surface area contributed by atoms with E-state index >= 15 is 0 Å². The molecular weight excluding hydrogens is 274 g/mol. The number of quaternary nitrogens is 1. The highest BCUT2D eigenvalue weighted by Crippen LogP contribution is 2.06. The number of hydrogen-bond donors (Lipinski definition) is 0. The molecule has 0 atom stereocenters. The van der Waals surface area contributed by atoms with Crippen LogP contribution in [0.2, 0.25) is 0 Å². The summed E-state index contributed by atoms with van der Waals surface area (Å²) in [5.74, 6) is -1.12. The van der Waals surface area contributed by atoms with E-state index in [0.29, 0.717) is 0 Å². The number of rotatable bonds is 8. The van der Waals surface area contributed by atoms with Crippen LogP contribution in [0, 0.1) is 6.92 Å². The average molecular weight is 307 g/mol. The molecule has 0 aliphatic carbocycles. The lowest BCUT2D eigenvalue weighted by atomic mass is 10.1. The van der Waals surface area contributed by atoms with E-state index in [1.165, 1.54) is 57.2 Å². The summed E-state index contributed by atoms with van der Waals surface area (Å²) in [6.45, 7) is 5.50. The first-order valence-electron chi connectivity index (χ1n) is 8.34. The number of carbonyl (C=O) groups is 1. The molecule has 3 heteroatoms. The number of hydrogen-bond acceptors (Lipinski definition) is 2. The average Bonchev–Trinajstić information content (AvgIpc) is 2.43. The molecule has 1 rings (SSSR count). The molecular formula is C19H33NO2. The van der Waals surface area contributed by atoms with Crippen LogP contribution in [-0.4, -0.2) is 38.1 Å². The number of aromatic carboxylic acids is 1. The molecule has 0 heterocycles. The molecule has 0 aromatic heterocycles. The Bertz CT molecular complexity index is 404. The Labute approximate surface area is 136 Å². The van der Waals surface area contributed by atoms with Crippen molar-refractivity contribution in [2.45, 2.75) is 52.4 Å². The maximum atomic E-state index is 10.2. The van der Waals surface area contributed by atoms with Crippen molar-refractivity contribution in [1.29, 1.82) is 0 Å². The van der Waals surface area contributed by atoms with Gasteiger partial charge in [-0.3, -0.25) is 0 Å². The van der Waals surface area contributed by atoms with Gasteiger partial charge in [-0.2, -0.15) is 0 Å². The molecule has 22 heavy (non-hydrogen) atoms. The highest BCUT2D eigenvalue weighted by molar-refractivity contribution is 5.85. The molecule has 0 saturated heterocycles. The summed E-state index contributed by atoms with van der Waals surface area (Å²) in [6, 6.07) is 6.55. The molecule has 0 amide bonds. The first-order valence-corrected chi connectivity index (χ1v) is 8.34. The minimum atomic E-state index is -1.12. The van der Waals surface area contributed by atoms with Crippen molar-refractivity contribution in [2.24, 2.45) is 0 Å². The van der Waals surface area contributed by atoms with E-state index in [2.05, 4.69) is 28.1 Å². The lowest BCUT2D eigenvalue weighted by Gasteiger charge is -2.23. The zero-order chi connectivity index (χ0) is 17.0. The highest BCUT2D eigenvalue weighted by atomic mass is 16.4. The maximum absolute atomic E-state index is 10.2. The van der Waals surface area contributed by atoms with Crippen molar-refractivity contribution in [2.75, 3.05) is 27.7 Å². The predicted molar refractivity (Wildman–Crippen MR) is 91.8 cm³/mol. The second-order valence-corrected chi connectivity index (χ2v) is 6.94. The number of carbonyl (C=O) groups excluding carboxylic acids is 1. The Morgan fingerprint density at radius 3 is 1.91 bits per heavy atom. The van der Waals surface area contributed by atoms with Crippen LogP contribution >= 0.6 is 0 Å². The van der Waals surface area contributed by atoms with E-state index in [-0.39, 0.29) is 5.56 Å². The van der Waals surface area contributed by atoms with Crippen molar-refractivity contribution in [3.05, 3.63) is 35.4 Å². The summed E-state index contributed by atoms with van der Waals surface area (Å²) in [4.78, 5) is 10.2. The predicted octanol–water partition coefficient (Wildman–Crippen LogP) is 3.41. The minimum absolute atomic E-state index is 0.227. The van der Waals surface area contributed by atoms with Crippen LogP contribution in [0.1, 0.15) is 61.4 Å². The molecule has 1 aromatic rings. The van der Waals surface area contributed by atoms with Gasteiger partial charge in [-0.1, -0.05) is 62.4 Å². The molecule has 0 saturated carbocycles. The second-order valence-electron chi connectivity index (χ2n) is 6.94.